The summed E-state index contributed by atoms with van der Waals surface area (Å²) in [5.41, 5.74) is 0. The fourth-order valence-corrected chi connectivity index (χ4v) is 2.03. The third-order valence-electron chi connectivity index (χ3n) is 3.31. The van der Waals surface area contributed by atoms with Crippen molar-refractivity contribution in [2.45, 2.75) is 66.4 Å². The zero-order valence-corrected chi connectivity index (χ0v) is 12.5. The molecule has 0 aromatic heterocycles. The van der Waals surface area contributed by atoms with E-state index in [1.807, 2.05) is 13.8 Å². The van der Waals surface area contributed by atoms with Gasteiger partial charge in [-0.2, -0.15) is 0 Å². The van der Waals surface area contributed by atoms with Crippen LogP contribution in [0.1, 0.15) is 60.3 Å². The minimum atomic E-state index is 0.565. The van der Waals surface area contributed by atoms with E-state index in [1.54, 1.807) is 0 Å². The zero-order valence-electron chi connectivity index (χ0n) is 12.5. The van der Waals surface area contributed by atoms with Crippen LogP contribution in [-0.2, 0) is 9.47 Å². The Morgan fingerprint density at radius 3 is 2.06 bits per heavy atom. The Bertz CT molecular complexity index is 145. The van der Waals surface area contributed by atoms with Crippen LogP contribution in [0.15, 0.2) is 0 Å². The van der Waals surface area contributed by atoms with Crippen molar-refractivity contribution in [1.82, 2.24) is 0 Å². The van der Waals surface area contributed by atoms with Crippen molar-refractivity contribution >= 4 is 0 Å². The van der Waals surface area contributed by atoms with Crippen LogP contribution in [0.25, 0.3) is 0 Å². The summed E-state index contributed by atoms with van der Waals surface area (Å²) in [6.45, 7) is 13.7. The highest BCUT2D eigenvalue weighted by Crippen LogP contribution is 2.18. The van der Waals surface area contributed by atoms with Gasteiger partial charge in [0.1, 0.15) is 0 Å². The highest BCUT2D eigenvalue weighted by Gasteiger charge is 2.17. The SMILES string of the molecule is CC.CC(C)C1CCCO1.CCC1CCOC1. The molecule has 0 radical (unpaired) electrons. The van der Waals surface area contributed by atoms with Gasteiger partial charge < -0.3 is 9.47 Å². The molecule has 0 aromatic rings. The van der Waals surface area contributed by atoms with Crippen LogP contribution >= 0.6 is 0 Å². The summed E-state index contributed by atoms with van der Waals surface area (Å²) < 4.78 is 10.6. The molecule has 0 N–H and O–H groups in total. The molecule has 0 aliphatic carbocycles. The summed E-state index contributed by atoms with van der Waals surface area (Å²) in [5.74, 6) is 1.59. The van der Waals surface area contributed by atoms with Crippen molar-refractivity contribution in [3.63, 3.8) is 0 Å². The van der Waals surface area contributed by atoms with Crippen molar-refractivity contribution in [3.8, 4) is 0 Å². The molecule has 2 atom stereocenters. The molecule has 2 nitrogen and oxygen atoms in total. The summed E-state index contributed by atoms with van der Waals surface area (Å²) in [5, 5.41) is 0. The highest BCUT2D eigenvalue weighted by atomic mass is 16.5. The van der Waals surface area contributed by atoms with Crippen LogP contribution in [0.4, 0.5) is 0 Å². The molecule has 2 fully saturated rings. The summed E-state index contributed by atoms with van der Waals surface area (Å²) in [7, 11) is 0. The van der Waals surface area contributed by atoms with Crippen LogP contribution in [-0.4, -0.2) is 25.9 Å². The average Bonchev–Trinajstić information content (AvgIpc) is 3.05. The quantitative estimate of drug-likeness (QED) is 0.722. The molecule has 0 bridgehead atoms. The second-order valence-electron chi connectivity index (χ2n) is 4.93. The molecule has 0 saturated carbocycles. The molecule has 2 unspecified atom stereocenters. The maximum absolute atomic E-state index is 5.41. The lowest BCUT2D eigenvalue weighted by Crippen LogP contribution is -2.12. The lowest BCUT2D eigenvalue weighted by atomic mass is 10.1. The van der Waals surface area contributed by atoms with Gasteiger partial charge in [0, 0.05) is 19.8 Å². The van der Waals surface area contributed by atoms with E-state index >= 15 is 0 Å². The normalized spacial score (nSPS) is 27.2. The van der Waals surface area contributed by atoms with Gasteiger partial charge in [0.25, 0.3) is 0 Å². The van der Waals surface area contributed by atoms with Crippen molar-refractivity contribution in [2.75, 3.05) is 19.8 Å². The van der Waals surface area contributed by atoms with Crippen LogP contribution in [0.2, 0.25) is 0 Å². The molecular formula is C15H32O2. The van der Waals surface area contributed by atoms with Crippen LogP contribution < -0.4 is 0 Å². The lowest BCUT2D eigenvalue weighted by Gasteiger charge is -2.11. The Balaban J connectivity index is 0.000000265. The minimum Gasteiger partial charge on any atom is -0.381 e. The monoisotopic (exact) mass is 244 g/mol. The molecule has 2 heteroatoms. The van der Waals surface area contributed by atoms with E-state index in [9.17, 15) is 0 Å². The molecule has 2 aliphatic heterocycles. The van der Waals surface area contributed by atoms with Crippen molar-refractivity contribution in [3.05, 3.63) is 0 Å². The molecule has 2 saturated heterocycles. The first-order valence-corrected chi connectivity index (χ1v) is 7.43. The first-order valence-electron chi connectivity index (χ1n) is 7.43. The van der Waals surface area contributed by atoms with Gasteiger partial charge in [0.15, 0.2) is 0 Å². The number of hydrogen-bond donors (Lipinski definition) is 0. The van der Waals surface area contributed by atoms with Gasteiger partial charge in [0.2, 0.25) is 0 Å². The number of hydrogen-bond acceptors (Lipinski definition) is 2. The summed E-state index contributed by atoms with van der Waals surface area (Å²) in [6.07, 6.45) is 5.69. The lowest BCUT2D eigenvalue weighted by molar-refractivity contribution is 0.0758. The Morgan fingerprint density at radius 2 is 1.82 bits per heavy atom. The molecule has 0 spiro atoms. The molecule has 2 rings (SSSR count). The second kappa shape index (κ2) is 11.0. The van der Waals surface area contributed by atoms with Gasteiger partial charge in [-0.25, -0.2) is 0 Å². The molecule has 17 heavy (non-hydrogen) atoms. The van der Waals surface area contributed by atoms with Gasteiger partial charge in [-0.05, 0) is 31.1 Å². The zero-order chi connectivity index (χ0) is 13.1. The summed E-state index contributed by atoms with van der Waals surface area (Å²) in [6, 6.07) is 0. The van der Waals surface area contributed by atoms with Crippen LogP contribution in [0, 0.1) is 11.8 Å². The molecular weight excluding hydrogens is 212 g/mol. The van der Waals surface area contributed by atoms with Gasteiger partial charge in [-0.1, -0.05) is 41.0 Å². The first kappa shape index (κ1) is 16.9. The predicted octanol–water partition coefficient (Wildman–Crippen LogP) is 4.28. The second-order valence-corrected chi connectivity index (χ2v) is 4.93. The van der Waals surface area contributed by atoms with Crippen LogP contribution in [0.3, 0.4) is 0 Å². The fourth-order valence-electron chi connectivity index (χ4n) is 2.03. The fraction of sp³-hybridized carbons (Fsp3) is 1.00. The third kappa shape index (κ3) is 7.77. The van der Waals surface area contributed by atoms with Crippen LogP contribution in [0.5, 0.6) is 0 Å². The maximum atomic E-state index is 5.41. The number of rotatable bonds is 2. The van der Waals surface area contributed by atoms with Gasteiger partial charge in [-0.15, -0.1) is 0 Å². The minimum absolute atomic E-state index is 0.565. The van der Waals surface area contributed by atoms with Gasteiger partial charge >= 0.3 is 0 Å². The van der Waals surface area contributed by atoms with E-state index in [1.165, 1.54) is 25.7 Å². The van der Waals surface area contributed by atoms with Crippen molar-refractivity contribution in [1.29, 1.82) is 0 Å². The first-order chi connectivity index (χ1) is 8.24. The standard InChI is InChI=1S/C7H14O.C6H12O.C2H6/c1-6(2)7-4-3-5-8-7;1-2-6-3-4-7-5-6;1-2/h6-7H,3-5H2,1-2H3;6H,2-5H2,1H3;1-2H3. The average molecular weight is 244 g/mol. The van der Waals surface area contributed by atoms with E-state index in [-0.39, 0.29) is 0 Å². The molecule has 2 heterocycles. The molecule has 2 aliphatic rings. The predicted molar refractivity (Wildman–Crippen MR) is 74.4 cm³/mol. The van der Waals surface area contributed by atoms with Gasteiger partial charge in [0.05, 0.1) is 6.10 Å². The van der Waals surface area contributed by atoms with E-state index in [0.29, 0.717) is 6.10 Å². The summed E-state index contributed by atoms with van der Waals surface area (Å²) in [4.78, 5) is 0. The van der Waals surface area contributed by atoms with Gasteiger partial charge in [-0.3, -0.25) is 0 Å². The summed E-state index contributed by atoms with van der Waals surface area (Å²) >= 11 is 0. The maximum Gasteiger partial charge on any atom is 0.0598 e. The Morgan fingerprint density at radius 1 is 1.12 bits per heavy atom. The number of ether oxygens (including phenoxy) is 2. The largest absolute Gasteiger partial charge is 0.381 e. The smallest absolute Gasteiger partial charge is 0.0598 e. The van der Waals surface area contributed by atoms with E-state index < -0.39 is 0 Å². The Kier molecular flexibility index (Phi) is 11.0. The molecule has 0 amide bonds. The molecule has 104 valence electrons. The molecule has 0 aromatic carbocycles. The highest BCUT2D eigenvalue weighted by molar-refractivity contribution is 4.67. The third-order valence-corrected chi connectivity index (χ3v) is 3.31. The van der Waals surface area contributed by atoms with E-state index in [4.69, 9.17) is 9.47 Å². The van der Waals surface area contributed by atoms with E-state index in [0.717, 1.165) is 31.7 Å². The van der Waals surface area contributed by atoms with Crippen molar-refractivity contribution in [2.24, 2.45) is 11.8 Å². The van der Waals surface area contributed by atoms with E-state index in [2.05, 4.69) is 20.8 Å². The van der Waals surface area contributed by atoms with Crippen molar-refractivity contribution < 1.29 is 9.47 Å². The Hall–Kier alpha value is -0.0800. The Labute approximate surface area is 108 Å². The topological polar surface area (TPSA) is 18.5 Å².